The molecule has 0 atom stereocenters. The van der Waals surface area contributed by atoms with Crippen molar-refractivity contribution in [2.45, 2.75) is 6.92 Å². The summed E-state index contributed by atoms with van der Waals surface area (Å²) in [6, 6.07) is 0. The van der Waals surface area contributed by atoms with Crippen molar-refractivity contribution in [1.82, 2.24) is 0 Å². The first-order valence-electron chi connectivity index (χ1n) is 1.21. The number of halogens is 1. The number of hydrogen-bond donors (Lipinski definition) is 0. The zero-order chi connectivity index (χ0) is 4.28. The Hall–Kier alpha value is 1.91. The Kier molecular flexibility index (Phi) is 12.4. The Morgan fingerprint density at radius 2 is 2.00 bits per heavy atom. The zero-order valence-corrected chi connectivity index (χ0v) is 9.14. The summed E-state index contributed by atoms with van der Waals surface area (Å²) in [5.74, 6) is 0.116. The molecule has 0 aliphatic rings. The van der Waals surface area contributed by atoms with Crippen LogP contribution in [0.5, 0.6) is 0 Å². The predicted molar refractivity (Wildman–Crippen MR) is 27.8 cm³/mol. The SMILES string of the molecule is C/C([O-])=C\I.[K+]. The second-order valence-corrected chi connectivity index (χ2v) is 1.34. The van der Waals surface area contributed by atoms with Gasteiger partial charge in [-0.25, -0.2) is 0 Å². The monoisotopic (exact) mass is 222 g/mol. The van der Waals surface area contributed by atoms with Crippen molar-refractivity contribution < 1.29 is 56.5 Å². The van der Waals surface area contributed by atoms with Crippen molar-refractivity contribution in [3.63, 3.8) is 0 Å². The molecule has 0 saturated carbocycles. The summed E-state index contributed by atoms with van der Waals surface area (Å²) in [5, 5.41) is 9.75. The molecule has 3 heteroatoms. The summed E-state index contributed by atoms with van der Waals surface area (Å²) in [5.41, 5.74) is 0. The van der Waals surface area contributed by atoms with Crippen molar-refractivity contribution in [1.29, 1.82) is 0 Å². The van der Waals surface area contributed by atoms with E-state index in [1.165, 1.54) is 11.0 Å². The Bertz CT molecular complexity index is 48.8. The van der Waals surface area contributed by atoms with Gasteiger partial charge in [0.2, 0.25) is 0 Å². The molecule has 0 saturated heterocycles. The summed E-state index contributed by atoms with van der Waals surface area (Å²) < 4.78 is 1.50. The molecule has 0 N–H and O–H groups in total. The van der Waals surface area contributed by atoms with Gasteiger partial charge in [-0.3, -0.25) is 0 Å². The second-order valence-electron chi connectivity index (χ2n) is 0.720. The minimum Gasteiger partial charge on any atom is -0.875 e. The molecular weight excluding hydrogens is 218 g/mol. The first-order chi connectivity index (χ1) is 2.27. The molecule has 0 fully saturated rings. The zero-order valence-electron chi connectivity index (χ0n) is 3.86. The third-order valence-electron chi connectivity index (χ3n) is 0.154. The van der Waals surface area contributed by atoms with E-state index in [9.17, 15) is 5.11 Å². The van der Waals surface area contributed by atoms with E-state index in [1.807, 2.05) is 22.6 Å². The summed E-state index contributed by atoms with van der Waals surface area (Å²) in [4.78, 5) is 0. The molecule has 0 aromatic heterocycles. The van der Waals surface area contributed by atoms with Gasteiger partial charge >= 0.3 is 51.4 Å². The molecule has 0 rings (SSSR count). The van der Waals surface area contributed by atoms with E-state index >= 15 is 0 Å². The standard InChI is InChI=1S/C3H5IO.K/c1-3(5)2-4;/h2,5H,1H3;/q;+1/p-1/b3-2+;. The fraction of sp³-hybridized carbons (Fsp3) is 0.333. The third-order valence-corrected chi connectivity index (χ3v) is 1.03. The molecule has 0 aliphatic carbocycles. The van der Waals surface area contributed by atoms with Gasteiger partial charge in [-0.15, -0.1) is 5.76 Å². The van der Waals surface area contributed by atoms with E-state index < -0.39 is 0 Å². The molecule has 1 nitrogen and oxygen atoms in total. The van der Waals surface area contributed by atoms with E-state index in [-0.39, 0.29) is 57.1 Å². The fourth-order valence-corrected chi connectivity index (χ4v) is 0. The maximum absolute atomic E-state index is 9.75. The normalized spacial score (nSPS) is 10.0. The van der Waals surface area contributed by atoms with Crippen LogP contribution in [0.4, 0.5) is 0 Å². The van der Waals surface area contributed by atoms with Gasteiger partial charge in [0, 0.05) is 0 Å². The molecular formula is C3H4IKO. The van der Waals surface area contributed by atoms with Crippen LogP contribution >= 0.6 is 22.6 Å². The van der Waals surface area contributed by atoms with Gasteiger partial charge in [0.15, 0.2) is 0 Å². The van der Waals surface area contributed by atoms with Gasteiger partial charge in [-0.1, -0.05) is 29.5 Å². The molecule has 0 unspecified atom stereocenters. The largest absolute Gasteiger partial charge is 1.00 e. The Morgan fingerprint density at radius 3 is 2.00 bits per heavy atom. The Labute approximate surface area is 93.8 Å². The summed E-state index contributed by atoms with van der Waals surface area (Å²) in [6.07, 6.45) is 0. The molecule has 0 radical (unpaired) electrons. The molecule has 0 aromatic carbocycles. The average molecular weight is 222 g/mol. The van der Waals surface area contributed by atoms with Crippen LogP contribution in [0.15, 0.2) is 9.84 Å². The van der Waals surface area contributed by atoms with Crippen LogP contribution < -0.4 is 56.5 Å². The van der Waals surface area contributed by atoms with Crippen molar-refractivity contribution in [2.24, 2.45) is 0 Å². The minimum absolute atomic E-state index is 0. The Morgan fingerprint density at radius 1 is 1.83 bits per heavy atom. The summed E-state index contributed by atoms with van der Waals surface area (Å²) in [7, 11) is 0. The number of rotatable bonds is 0. The van der Waals surface area contributed by atoms with Crippen LogP contribution in [0.1, 0.15) is 6.92 Å². The van der Waals surface area contributed by atoms with Crippen molar-refractivity contribution in [3.8, 4) is 0 Å². The number of hydrogen-bond acceptors (Lipinski definition) is 1. The van der Waals surface area contributed by atoms with Gasteiger partial charge < -0.3 is 5.11 Å². The van der Waals surface area contributed by atoms with E-state index in [0.29, 0.717) is 0 Å². The smallest absolute Gasteiger partial charge is 0.875 e. The molecule has 0 spiro atoms. The van der Waals surface area contributed by atoms with Crippen LogP contribution in [0.25, 0.3) is 0 Å². The molecule has 0 bridgehead atoms. The van der Waals surface area contributed by atoms with E-state index in [4.69, 9.17) is 0 Å². The van der Waals surface area contributed by atoms with E-state index in [1.54, 1.807) is 0 Å². The molecule has 0 aliphatic heterocycles. The maximum atomic E-state index is 9.75. The van der Waals surface area contributed by atoms with Crippen LogP contribution in [0.2, 0.25) is 0 Å². The molecule has 0 aromatic rings. The van der Waals surface area contributed by atoms with Gasteiger partial charge in [0.25, 0.3) is 0 Å². The minimum atomic E-state index is 0. The fourth-order valence-electron chi connectivity index (χ4n) is 0. The van der Waals surface area contributed by atoms with Crippen LogP contribution in [0.3, 0.4) is 0 Å². The van der Waals surface area contributed by atoms with Crippen LogP contribution in [0, 0.1) is 0 Å². The summed E-state index contributed by atoms with van der Waals surface area (Å²) >= 11 is 1.90. The first-order valence-corrected chi connectivity index (χ1v) is 2.46. The van der Waals surface area contributed by atoms with Crippen molar-refractivity contribution in [2.75, 3.05) is 0 Å². The van der Waals surface area contributed by atoms with Crippen LogP contribution in [-0.2, 0) is 0 Å². The topological polar surface area (TPSA) is 23.1 Å². The van der Waals surface area contributed by atoms with Crippen molar-refractivity contribution >= 4 is 22.6 Å². The predicted octanol–water partition coefficient (Wildman–Crippen LogP) is -2.35. The van der Waals surface area contributed by atoms with E-state index in [0.717, 1.165) is 0 Å². The first kappa shape index (κ1) is 10.8. The maximum Gasteiger partial charge on any atom is 1.00 e. The number of allylic oxidation sites excluding steroid dienone is 1. The van der Waals surface area contributed by atoms with Crippen LogP contribution in [-0.4, -0.2) is 0 Å². The molecule has 6 heavy (non-hydrogen) atoms. The molecule has 0 heterocycles. The van der Waals surface area contributed by atoms with Gasteiger partial charge in [-0.05, 0) is 4.08 Å². The second kappa shape index (κ2) is 6.91. The average Bonchev–Trinajstić information content (AvgIpc) is 1.38. The van der Waals surface area contributed by atoms with E-state index in [2.05, 4.69) is 0 Å². The quantitative estimate of drug-likeness (QED) is 0.255. The Balaban J connectivity index is 0. The third kappa shape index (κ3) is 9.32. The van der Waals surface area contributed by atoms with Gasteiger partial charge in [-0.2, -0.15) is 0 Å². The summed E-state index contributed by atoms with van der Waals surface area (Å²) in [6.45, 7) is 1.52. The van der Waals surface area contributed by atoms with Gasteiger partial charge in [0.05, 0.1) is 0 Å². The van der Waals surface area contributed by atoms with Crippen molar-refractivity contribution in [3.05, 3.63) is 9.84 Å². The molecule has 0 amide bonds. The molecule has 30 valence electrons. The van der Waals surface area contributed by atoms with Gasteiger partial charge in [0.1, 0.15) is 0 Å².